The second-order valence-electron chi connectivity index (χ2n) is 5.05. The summed E-state index contributed by atoms with van der Waals surface area (Å²) in [7, 11) is 2.22. The average Bonchev–Trinajstić information content (AvgIpc) is 2.68. The van der Waals surface area contributed by atoms with Crippen molar-refractivity contribution < 1.29 is 4.58 Å². The first-order valence-electron chi connectivity index (χ1n) is 5.18. The standard InChI is InChI=1S/C11H20N/c1-9(2)10-4-7-12(3)8-11(10)5-6-11/h7,9-10H,4-6,8H2,1-3H3/q+1. The maximum absolute atomic E-state index is 2.39. The molecular formula is C11H20N+. The number of hydrogen-bond acceptors (Lipinski definition) is 0. The monoisotopic (exact) mass is 166 g/mol. The van der Waals surface area contributed by atoms with Crippen LogP contribution in [0, 0.1) is 17.3 Å². The van der Waals surface area contributed by atoms with Crippen molar-refractivity contribution in [3.05, 3.63) is 0 Å². The summed E-state index contributed by atoms with van der Waals surface area (Å²) in [6.45, 7) is 6.07. The smallest absolute Gasteiger partial charge is 0.148 e. The zero-order chi connectivity index (χ0) is 8.77. The van der Waals surface area contributed by atoms with E-state index in [-0.39, 0.29) is 0 Å². The normalized spacial score (nSPS) is 32.3. The van der Waals surface area contributed by atoms with E-state index in [4.69, 9.17) is 0 Å². The Morgan fingerprint density at radius 2 is 2.08 bits per heavy atom. The molecule has 0 aromatic carbocycles. The van der Waals surface area contributed by atoms with Crippen molar-refractivity contribution in [3.63, 3.8) is 0 Å². The molecule has 0 saturated heterocycles. The zero-order valence-corrected chi connectivity index (χ0v) is 8.51. The molecule has 1 fully saturated rings. The van der Waals surface area contributed by atoms with Gasteiger partial charge in [0.1, 0.15) is 19.8 Å². The Morgan fingerprint density at radius 1 is 1.42 bits per heavy atom. The van der Waals surface area contributed by atoms with Crippen LogP contribution in [0.3, 0.4) is 0 Å². The fraction of sp³-hybridized carbons (Fsp3) is 0.909. The third kappa shape index (κ3) is 1.19. The molecule has 0 N–H and O–H groups in total. The Kier molecular flexibility index (Phi) is 1.78. The van der Waals surface area contributed by atoms with E-state index in [0.717, 1.165) is 17.3 Å². The van der Waals surface area contributed by atoms with Crippen LogP contribution in [0.15, 0.2) is 0 Å². The molecule has 1 aliphatic carbocycles. The predicted octanol–water partition coefficient (Wildman–Crippen LogP) is 2.16. The van der Waals surface area contributed by atoms with Gasteiger partial charge in [-0.2, -0.15) is 0 Å². The van der Waals surface area contributed by atoms with Crippen LogP contribution in [0.25, 0.3) is 0 Å². The van der Waals surface area contributed by atoms with Crippen molar-refractivity contribution in [3.8, 4) is 0 Å². The maximum atomic E-state index is 2.39. The van der Waals surface area contributed by atoms with Crippen molar-refractivity contribution in [1.82, 2.24) is 0 Å². The molecule has 0 aromatic heterocycles. The first-order chi connectivity index (χ1) is 5.64. The summed E-state index contributed by atoms with van der Waals surface area (Å²) in [6, 6.07) is 0. The van der Waals surface area contributed by atoms with Crippen LogP contribution in [0.2, 0.25) is 0 Å². The first-order valence-corrected chi connectivity index (χ1v) is 5.18. The van der Waals surface area contributed by atoms with Crippen LogP contribution in [-0.4, -0.2) is 24.4 Å². The topological polar surface area (TPSA) is 3.01 Å². The molecular weight excluding hydrogens is 146 g/mol. The van der Waals surface area contributed by atoms with Gasteiger partial charge in [-0.1, -0.05) is 13.8 Å². The van der Waals surface area contributed by atoms with Gasteiger partial charge < -0.3 is 0 Å². The average molecular weight is 166 g/mol. The summed E-state index contributed by atoms with van der Waals surface area (Å²) in [5.41, 5.74) is 0.734. The first kappa shape index (κ1) is 8.28. The van der Waals surface area contributed by atoms with E-state index in [9.17, 15) is 0 Å². The SMILES string of the molecule is CC(C)C1CC=[N+](C)CC12CC2. The maximum Gasteiger partial charge on any atom is 0.148 e. The van der Waals surface area contributed by atoms with E-state index in [1.54, 1.807) is 0 Å². The van der Waals surface area contributed by atoms with Crippen molar-refractivity contribution in [1.29, 1.82) is 0 Å². The second-order valence-corrected chi connectivity index (χ2v) is 5.05. The largest absolute Gasteiger partial charge is 0.242 e. The van der Waals surface area contributed by atoms with Gasteiger partial charge in [0.05, 0.1) is 0 Å². The van der Waals surface area contributed by atoms with E-state index in [0.29, 0.717) is 0 Å². The lowest BCUT2D eigenvalue weighted by atomic mass is 9.77. The highest BCUT2D eigenvalue weighted by Gasteiger charge is 2.54. The molecule has 1 heterocycles. The quantitative estimate of drug-likeness (QED) is 0.525. The van der Waals surface area contributed by atoms with Crippen LogP contribution in [-0.2, 0) is 0 Å². The van der Waals surface area contributed by atoms with Crippen molar-refractivity contribution in [2.75, 3.05) is 13.6 Å². The minimum absolute atomic E-state index is 0.734. The Balaban J connectivity index is 2.15. The highest BCUT2D eigenvalue weighted by atomic mass is 15.0. The van der Waals surface area contributed by atoms with E-state index in [1.165, 1.54) is 25.8 Å². The Bertz CT molecular complexity index is 211. The Labute approximate surface area is 75.5 Å². The lowest BCUT2D eigenvalue weighted by Gasteiger charge is -2.29. The van der Waals surface area contributed by atoms with Gasteiger partial charge in [0.15, 0.2) is 0 Å². The highest BCUT2D eigenvalue weighted by Crippen LogP contribution is 2.56. The molecule has 1 atom stereocenters. The van der Waals surface area contributed by atoms with Crippen LogP contribution in [0.4, 0.5) is 0 Å². The van der Waals surface area contributed by atoms with Crippen LogP contribution < -0.4 is 0 Å². The molecule has 12 heavy (non-hydrogen) atoms. The van der Waals surface area contributed by atoms with E-state index in [1.807, 2.05) is 0 Å². The highest BCUT2D eigenvalue weighted by molar-refractivity contribution is 5.53. The molecule has 0 aromatic rings. The van der Waals surface area contributed by atoms with Gasteiger partial charge in [0, 0.05) is 11.8 Å². The van der Waals surface area contributed by atoms with Crippen LogP contribution in [0.1, 0.15) is 33.1 Å². The van der Waals surface area contributed by atoms with E-state index >= 15 is 0 Å². The summed E-state index contributed by atoms with van der Waals surface area (Å²) in [5.74, 6) is 1.84. The van der Waals surface area contributed by atoms with Gasteiger partial charge in [0.2, 0.25) is 0 Å². The van der Waals surface area contributed by atoms with E-state index in [2.05, 4.69) is 31.7 Å². The summed E-state index contributed by atoms with van der Waals surface area (Å²) in [4.78, 5) is 0. The minimum atomic E-state index is 0.734. The molecule has 0 radical (unpaired) electrons. The van der Waals surface area contributed by atoms with Crippen molar-refractivity contribution in [2.45, 2.75) is 33.1 Å². The van der Waals surface area contributed by atoms with Gasteiger partial charge in [-0.15, -0.1) is 0 Å². The molecule has 1 saturated carbocycles. The van der Waals surface area contributed by atoms with Gasteiger partial charge in [-0.05, 0) is 24.7 Å². The summed E-state index contributed by atoms with van der Waals surface area (Å²) in [5, 5.41) is 0. The van der Waals surface area contributed by atoms with Crippen molar-refractivity contribution in [2.24, 2.45) is 17.3 Å². The number of nitrogens with zero attached hydrogens (tertiary/aromatic N) is 1. The van der Waals surface area contributed by atoms with Gasteiger partial charge in [-0.25, -0.2) is 4.58 Å². The third-order valence-corrected chi connectivity index (χ3v) is 3.72. The van der Waals surface area contributed by atoms with Gasteiger partial charge in [0.25, 0.3) is 0 Å². The molecule has 1 aliphatic heterocycles. The molecule has 0 amide bonds. The lowest BCUT2D eigenvalue weighted by molar-refractivity contribution is -0.513. The Morgan fingerprint density at radius 3 is 2.58 bits per heavy atom. The summed E-state index contributed by atoms with van der Waals surface area (Å²) >= 11 is 0. The molecule has 2 rings (SSSR count). The van der Waals surface area contributed by atoms with E-state index < -0.39 is 0 Å². The van der Waals surface area contributed by atoms with Crippen LogP contribution in [0.5, 0.6) is 0 Å². The molecule has 68 valence electrons. The fourth-order valence-electron chi connectivity index (χ4n) is 2.89. The molecule has 1 heteroatoms. The molecule has 1 nitrogen and oxygen atoms in total. The Hall–Kier alpha value is -0.330. The van der Waals surface area contributed by atoms with Gasteiger partial charge in [-0.3, -0.25) is 0 Å². The minimum Gasteiger partial charge on any atom is -0.242 e. The van der Waals surface area contributed by atoms with Crippen LogP contribution >= 0.6 is 0 Å². The molecule has 2 aliphatic rings. The summed E-state index contributed by atoms with van der Waals surface area (Å²) in [6.07, 6.45) is 6.66. The lowest BCUT2D eigenvalue weighted by Crippen LogP contribution is -2.35. The molecule has 0 bridgehead atoms. The molecule has 1 unspecified atom stereocenters. The van der Waals surface area contributed by atoms with Crippen molar-refractivity contribution >= 4 is 6.21 Å². The molecule has 1 spiro atoms. The second kappa shape index (κ2) is 2.58. The third-order valence-electron chi connectivity index (χ3n) is 3.72. The zero-order valence-electron chi connectivity index (χ0n) is 8.51. The fourth-order valence-corrected chi connectivity index (χ4v) is 2.89. The number of hydrogen-bond donors (Lipinski definition) is 0. The number of rotatable bonds is 1. The predicted molar refractivity (Wildman–Crippen MR) is 51.7 cm³/mol. The van der Waals surface area contributed by atoms with Gasteiger partial charge >= 0.3 is 0 Å². The summed E-state index contributed by atoms with van der Waals surface area (Å²) < 4.78 is 2.39.